The molecule has 4 heteroatoms. The lowest BCUT2D eigenvalue weighted by Gasteiger charge is -2.07. The molecule has 0 radical (unpaired) electrons. The van der Waals surface area contributed by atoms with Crippen molar-refractivity contribution in [1.82, 2.24) is 10.2 Å². The molecule has 2 rings (SSSR count). The highest BCUT2D eigenvalue weighted by Gasteiger charge is 2.10. The van der Waals surface area contributed by atoms with Crippen LogP contribution in [0.15, 0.2) is 30.6 Å². The lowest BCUT2D eigenvalue weighted by atomic mass is 10.0. The highest BCUT2D eigenvalue weighted by atomic mass is 16.1. The maximum absolute atomic E-state index is 11.9. The number of aryl methyl sites for hydroxylation is 1. The molecule has 0 fully saturated rings. The highest BCUT2D eigenvalue weighted by molar-refractivity contribution is 6.05. The van der Waals surface area contributed by atoms with E-state index in [-0.39, 0.29) is 5.91 Å². The monoisotopic (exact) mass is 215 g/mol. The molecule has 16 heavy (non-hydrogen) atoms. The lowest BCUT2D eigenvalue weighted by Crippen LogP contribution is -2.13. The highest BCUT2D eigenvalue weighted by Crippen LogP contribution is 2.14. The summed E-state index contributed by atoms with van der Waals surface area (Å²) in [6.07, 6.45) is 3.21. The third-order valence-electron chi connectivity index (χ3n) is 2.61. The zero-order chi connectivity index (χ0) is 11.5. The van der Waals surface area contributed by atoms with Crippen molar-refractivity contribution in [1.29, 1.82) is 0 Å². The minimum Gasteiger partial charge on any atom is -0.319 e. The van der Waals surface area contributed by atoms with Gasteiger partial charge in [0.2, 0.25) is 0 Å². The Morgan fingerprint density at radius 3 is 2.88 bits per heavy atom. The quantitative estimate of drug-likeness (QED) is 0.807. The topological polar surface area (TPSA) is 57.8 Å². The van der Waals surface area contributed by atoms with Crippen LogP contribution in [0.3, 0.4) is 0 Å². The van der Waals surface area contributed by atoms with E-state index in [1.54, 1.807) is 12.4 Å². The van der Waals surface area contributed by atoms with Crippen molar-refractivity contribution in [2.45, 2.75) is 13.8 Å². The molecular formula is C12H13N3O. The summed E-state index contributed by atoms with van der Waals surface area (Å²) in [6.45, 7) is 3.93. The van der Waals surface area contributed by atoms with Crippen molar-refractivity contribution in [3.63, 3.8) is 0 Å². The predicted molar refractivity (Wildman–Crippen MR) is 62.5 cm³/mol. The van der Waals surface area contributed by atoms with Gasteiger partial charge in [-0.15, -0.1) is 0 Å². The van der Waals surface area contributed by atoms with Crippen LogP contribution < -0.4 is 5.32 Å². The zero-order valence-corrected chi connectivity index (χ0v) is 9.24. The smallest absolute Gasteiger partial charge is 0.256 e. The standard InChI is InChI=1S/C12H13N3O/c1-8-4-3-5-11(9(8)2)12(16)15-10-6-13-14-7-10/h3-7H,1-2H3,(H,13,14)(H,15,16). The lowest BCUT2D eigenvalue weighted by molar-refractivity contribution is 0.102. The fourth-order valence-electron chi connectivity index (χ4n) is 1.51. The Hall–Kier alpha value is -2.10. The number of benzene rings is 1. The second kappa shape index (κ2) is 4.18. The molecule has 0 saturated heterocycles. The molecule has 0 saturated carbocycles. The van der Waals surface area contributed by atoms with E-state index >= 15 is 0 Å². The van der Waals surface area contributed by atoms with Gasteiger partial charge in [-0.05, 0) is 31.0 Å². The van der Waals surface area contributed by atoms with Gasteiger partial charge in [-0.3, -0.25) is 9.89 Å². The number of nitrogens with zero attached hydrogens (tertiary/aromatic N) is 1. The van der Waals surface area contributed by atoms with Crippen LogP contribution >= 0.6 is 0 Å². The Kier molecular flexibility index (Phi) is 2.72. The fraction of sp³-hybridized carbons (Fsp3) is 0.167. The van der Waals surface area contributed by atoms with Crippen molar-refractivity contribution < 1.29 is 4.79 Å². The molecular weight excluding hydrogens is 202 g/mol. The first kappa shape index (κ1) is 10.4. The van der Waals surface area contributed by atoms with E-state index in [1.807, 2.05) is 32.0 Å². The summed E-state index contributed by atoms with van der Waals surface area (Å²) in [6, 6.07) is 5.69. The van der Waals surface area contributed by atoms with E-state index in [2.05, 4.69) is 15.5 Å². The van der Waals surface area contributed by atoms with Gasteiger partial charge < -0.3 is 5.32 Å². The van der Waals surface area contributed by atoms with Crippen molar-refractivity contribution >= 4 is 11.6 Å². The number of amides is 1. The van der Waals surface area contributed by atoms with Crippen LogP contribution in [0, 0.1) is 13.8 Å². The van der Waals surface area contributed by atoms with E-state index < -0.39 is 0 Å². The molecule has 1 heterocycles. The Balaban J connectivity index is 2.24. The second-order valence-electron chi connectivity index (χ2n) is 3.69. The number of carbonyl (C=O) groups excluding carboxylic acids is 1. The Bertz CT molecular complexity index is 503. The Labute approximate surface area is 93.7 Å². The first-order valence-electron chi connectivity index (χ1n) is 5.05. The van der Waals surface area contributed by atoms with E-state index in [0.29, 0.717) is 11.3 Å². The summed E-state index contributed by atoms with van der Waals surface area (Å²) in [4.78, 5) is 11.9. The molecule has 0 aliphatic heterocycles. The van der Waals surface area contributed by atoms with Crippen LogP contribution in [0.25, 0.3) is 0 Å². The Morgan fingerprint density at radius 1 is 1.38 bits per heavy atom. The molecule has 0 aliphatic rings. The Morgan fingerprint density at radius 2 is 2.19 bits per heavy atom. The van der Waals surface area contributed by atoms with Crippen LogP contribution in [-0.4, -0.2) is 16.1 Å². The fourth-order valence-corrected chi connectivity index (χ4v) is 1.51. The van der Waals surface area contributed by atoms with Crippen LogP contribution in [0.2, 0.25) is 0 Å². The molecule has 0 spiro atoms. The average Bonchev–Trinajstić information content (AvgIpc) is 2.74. The van der Waals surface area contributed by atoms with Crippen LogP contribution in [0.1, 0.15) is 21.5 Å². The molecule has 2 aromatic rings. The molecule has 1 aromatic carbocycles. The van der Waals surface area contributed by atoms with Gasteiger partial charge in [-0.2, -0.15) is 5.10 Å². The number of nitrogens with one attached hydrogen (secondary N) is 2. The molecule has 0 unspecified atom stereocenters. The third-order valence-corrected chi connectivity index (χ3v) is 2.61. The summed E-state index contributed by atoms with van der Waals surface area (Å²) in [5.74, 6) is -0.109. The summed E-state index contributed by atoms with van der Waals surface area (Å²) in [7, 11) is 0. The maximum Gasteiger partial charge on any atom is 0.256 e. The minimum atomic E-state index is -0.109. The van der Waals surface area contributed by atoms with Gasteiger partial charge in [0.05, 0.1) is 11.9 Å². The largest absolute Gasteiger partial charge is 0.319 e. The number of anilines is 1. The third kappa shape index (κ3) is 1.95. The van der Waals surface area contributed by atoms with Gasteiger partial charge in [0.1, 0.15) is 0 Å². The predicted octanol–water partition coefficient (Wildman–Crippen LogP) is 2.28. The number of carbonyl (C=O) groups is 1. The average molecular weight is 215 g/mol. The molecule has 0 bridgehead atoms. The molecule has 2 N–H and O–H groups in total. The van der Waals surface area contributed by atoms with Crippen molar-refractivity contribution in [2.75, 3.05) is 5.32 Å². The number of rotatable bonds is 2. The molecule has 0 aliphatic carbocycles. The van der Waals surface area contributed by atoms with Gasteiger partial charge in [0.15, 0.2) is 0 Å². The van der Waals surface area contributed by atoms with E-state index in [9.17, 15) is 4.79 Å². The molecule has 1 aromatic heterocycles. The van der Waals surface area contributed by atoms with Gasteiger partial charge in [0, 0.05) is 11.8 Å². The van der Waals surface area contributed by atoms with Gasteiger partial charge >= 0.3 is 0 Å². The van der Waals surface area contributed by atoms with Crippen LogP contribution in [0.5, 0.6) is 0 Å². The van der Waals surface area contributed by atoms with E-state index in [0.717, 1.165) is 11.1 Å². The van der Waals surface area contributed by atoms with Crippen LogP contribution in [-0.2, 0) is 0 Å². The van der Waals surface area contributed by atoms with Crippen LogP contribution in [0.4, 0.5) is 5.69 Å². The summed E-state index contributed by atoms with van der Waals surface area (Å²) in [5, 5.41) is 9.19. The van der Waals surface area contributed by atoms with E-state index in [4.69, 9.17) is 0 Å². The molecule has 1 amide bonds. The van der Waals surface area contributed by atoms with Crippen molar-refractivity contribution in [2.24, 2.45) is 0 Å². The SMILES string of the molecule is Cc1cccc(C(=O)Nc2cn[nH]c2)c1C. The van der Waals surface area contributed by atoms with Crippen molar-refractivity contribution in [3.8, 4) is 0 Å². The van der Waals surface area contributed by atoms with Crippen molar-refractivity contribution in [3.05, 3.63) is 47.3 Å². The summed E-state index contributed by atoms with van der Waals surface area (Å²) < 4.78 is 0. The normalized spacial score (nSPS) is 10.1. The number of H-pyrrole nitrogens is 1. The first-order chi connectivity index (χ1) is 7.68. The minimum absolute atomic E-state index is 0.109. The molecule has 4 nitrogen and oxygen atoms in total. The van der Waals surface area contributed by atoms with Gasteiger partial charge in [-0.1, -0.05) is 12.1 Å². The first-order valence-corrected chi connectivity index (χ1v) is 5.05. The maximum atomic E-state index is 11.9. The number of aromatic amines is 1. The van der Waals surface area contributed by atoms with E-state index in [1.165, 1.54) is 0 Å². The molecule has 0 atom stereocenters. The van der Waals surface area contributed by atoms with Gasteiger partial charge in [-0.25, -0.2) is 0 Å². The number of aromatic nitrogens is 2. The molecule has 82 valence electrons. The number of hydrogen-bond acceptors (Lipinski definition) is 2. The number of hydrogen-bond donors (Lipinski definition) is 2. The van der Waals surface area contributed by atoms with Gasteiger partial charge in [0.25, 0.3) is 5.91 Å². The summed E-state index contributed by atoms with van der Waals surface area (Å²) >= 11 is 0. The zero-order valence-electron chi connectivity index (χ0n) is 9.24. The second-order valence-corrected chi connectivity index (χ2v) is 3.69. The summed E-state index contributed by atoms with van der Waals surface area (Å²) in [5.41, 5.74) is 3.48.